The van der Waals surface area contributed by atoms with Crippen LogP contribution in [0, 0.1) is 6.92 Å². The number of aryl methyl sites for hydroxylation is 1. The van der Waals surface area contributed by atoms with Crippen LogP contribution in [0.2, 0.25) is 0 Å². The summed E-state index contributed by atoms with van der Waals surface area (Å²) < 4.78 is 5.14. The van der Waals surface area contributed by atoms with Crippen LogP contribution in [0.15, 0.2) is 65.2 Å². The molecule has 0 radical (unpaired) electrons. The molecule has 6 heteroatoms. The fourth-order valence-electron chi connectivity index (χ4n) is 4.00. The van der Waals surface area contributed by atoms with Crippen molar-refractivity contribution >= 4 is 5.91 Å². The Bertz CT molecular complexity index is 976. The van der Waals surface area contributed by atoms with Crippen LogP contribution >= 0.6 is 0 Å². The van der Waals surface area contributed by atoms with Crippen molar-refractivity contribution in [2.75, 3.05) is 32.7 Å². The fourth-order valence-corrected chi connectivity index (χ4v) is 4.00. The first-order valence-electron chi connectivity index (χ1n) is 10.9. The highest BCUT2D eigenvalue weighted by Gasteiger charge is 2.20. The smallest absolute Gasteiger partial charge is 0.234 e. The lowest BCUT2D eigenvalue weighted by Gasteiger charge is -2.34. The predicted octanol–water partition coefficient (Wildman–Crippen LogP) is 3.65. The van der Waals surface area contributed by atoms with Crippen LogP contribution in [0.1, 0.15) is 30.0 Å². The summed E-state index contributed by atoms with van der Waals surface area (Å²) in [5.41, 5.74) is 4.46. The summed E-state index contributed by atoms with van der Waals surface area (Å²) in [4.78, 5) is 17.1. The molecule has 1 amide bonds. The van der Waals surface area contributed by atoms with E-state index in [2.05, 4.69) is 56.7 Å². The molecule has 1 aromatic heterocycles. The van der Waals surface area contributed by atoms with Crippen LogP contribution in [0.5, 0.6) is 0 Å². The van der Waals surface area contributed by atoms with Crippen LogP contribution < -0.4 is 5.32 Å². The molecule has 1 atom stereocenters. The zero-order chi connectivity index (χ0) is 21.6. The molecule has 1 fully saturated rings. The van der Waals surface area contributed by atoms with Gasteiger partial charge in [0, 0.05) is 38.8 Å². The Kier molecular flexibility index (Phi) is 6.79. The summed E-state index contributed by atoms with van der Waals surface area (Å²) in [6.07, 6.45) is 0. The average molecular weight is 419 g/mol. The summed E-state index contributed by atoms with van der Waals surface area (Å²) in [5.74, 6) is 0.911. The molecular weight excluding hydrogens is 388 g/mol. The second-order valence-electron chi connectivity index (χ2n) is 8.26. The van der Waals surface area contributed by atoms with Crippen molar-refractivity contribution in [2.24, 2.45) is 0 Å². The molecule has 0 saturated carbocycles. The topological polar surface area (TPSA) is 61.6 Å². The monoisotopic (exact) mass is 418 g/mol. The Morgan fingerprint density at radius 1 is 1.00 bits per heavy atom. The van der Waals surface area contributed by atoms with Gasteiger partial charge in [-0.15, -0.1) is 0 Å². The molecule has 1 aliphatic rings. The lowest BCUT2D eigenvalue weighted by Crippen LogP contribution is -2.49. The number of hydrogen-bond donors (Lipinski definition) is 1. The SMILES string of the molecule is Cc1cc(CN2CCN(CC(=O)N[C@@H](C)c3ccc(-c4ccccc4)cc3)CC2)no1. The number of carbonyl (C=O) groups excluding carboxylic acids is 1. The standard InChI is InChI=1S/C25H30N4O2/c1-19-16-24(27-31-19)17-28-12-14-29(15-13-28)18-25(30)26-20(2)21-8-10-23(11-9-21)22-6-4-3-5-7-22/h3-11,16,20H,12-15,17-18H2,1-2H3,(H,26,30)/t20-/m0/s1. The van der Waals surface area contributed by atoms with Gasteiger partial charge in [0.1, 0.15) is 5.76 Å². The van der Waals surface area contributed by atoms with Crippen molar-refractivity contribution in [3.05, 3.63) is 77.7 Å². The van der Waals surface area contributed by atoms with Crippen molar-refractivity contribution < 1.29 is 9.32 Å². The van der Waals surface area contributed by atoms with Crippen LogP contribution in [-0.4, -0.2) is 53.6 Å². The number of nitrogens with zero attached hydrogens (tertiary/aromatic N) is 3. The van der Waals surface area contributed by atoms with E-state index in [0.29, 0.717) is 6.54 Å². The number of amides is 1. The van der Waals surface area contributed by atoms with Crippen molar-refractivity contribution in [3.8, 4) is 11.1 Å². The second kappa shape index (κ2) is 9.90. The van der Waals surface area contributed by atoms with E-state index in [-0.39, 0.29) is 11.9 Å². The summed E-state index contributed by atoms with van der Waals surface area (Å²) in [6.45, 7) is 8.79. The van der Waals surface area contributed by atoms with E-state index in [9.17, 15) is 4.79 Å². The molecule has 3 aromatic rings. The Labute approximate surface area is 183 Å². The van der Waals surface area contributed by atoms with E-state index in [1.807, 2.05) is 38.1 Å². The largest absolute Gasteiger partial charge is 0.361 e. The van der Waals surface area contributed by atoms with Crippen molar-refractivity contribution in [1.29, 1.82) is 0 Å². The minimum Gasteiger partial charge on any atom is -0.361 e. The molecule has 0 unspecified atom stereocenters. The van der Waals surface area contributed by atoms with Gasteiger partial charge in [-0.2, -0.15) is 0 Å². The molecule has 31 heavy (non-hydrogen) atoms. The fraction of sp³-hybridized carbons (Fsp3) is 0.360. The van der Waals surface area contributed by atoms with Gasteiger partial charge in [-0.25, -0.2) is 0 Å². The molecule has 2 aromatic carbocycles. The van der Waals surface area contributed by atoms with Crippen molar-refractivity contribution in [2.45, 2.75) is 26.4 Å². The van der Waals surface area contributed by atoms with Gasteiger partial charge in [0.25, 0.3) is 0 Å². The zero-order valence-corrected chi connectivity index (χ0v) is 18.3. The van der Waals surface area contributed by atoms with Gasteiger partial charge in [-0.3, -0.25) is 14.6 Å². The van der Waals surface area contributed by atoms with Gasteiger partial charge in [0.15, 0.2) is 0 Å². The minimum absolute atomic E-state index is 0.0194. The number of nitrogens with one attached hydrogen (secondary N) is 1. The predicted molar refractivity (Wildman–Crippen MR) is 121 cm³/mol. The highest BCUT2D eigenvalue weighted by atomic mass is 16.5. The molecule has 1 aliphatic heterocycles. The number of carbonyl (C=O) groups is 1. The maximum absolute atomic E-state index is 12.6. The zero-order valence-electron chi connectivity index (χ0n) is 18.3. The summed E-state index contributed by atoms with van der Waals surface area (Å²) >= 11 is 0. The molecule has 6 nitrogen and oxygen atoms in total. The minimum atomic E-state index is -0.0194. The summed E-state index contributed by atoms with van der Waals surface area (Å²) in [7, 11) is 0. The van der Waals surface area contributed by atoms with Gasteiger partial charge in [-0.1, -0.05) is 59.8 Å². The van der Waals surface area contributed by atoms with Gasteiger partial charge < -0.3 is 9.84 Å². The van der Waals surface area contributed by atoms with Crippen LogP contribution in [0.25, 0.3) is 11.1 Å². The lowest BCUT2D eigenvalue weighted by atomic mass is 10.0. The Hall–Kier alpha value is -2.96. The lowest BCUT2D eigenvalue weighted by molar-refractivity contribution is -0.123. The molecule has 0 aliphatic carbocycles. The molecule has 162 valence electrons. The Morgan fingerprint density at radius 2 is 1.65 bits per heavy atom. The number of piperazine rings is 1. The van der Waals surface area contributed by atoms with Crippen LogP contribution in [0.4, 0.5) is 0 Å². The normalized spacial score (nSPS) is 16.2. The first-order chi connectivity index (χ1) is 15.1. The molecule has 0 bridgehead atoms. The third kappa shape index (κ3) is 5.81. The van der Waals surface area contributed by atoms with Crippen molar-refractivity contribution in [3.63, 3.8) is 0 Å². The van der Waals surface area contributed by atoms with E-state index in [4.69, 9.17) is 4.52 Å². The van der Waals surface area contributed by atoms with E-state index in [0.717, 1.165) is 49.7 Å². The van der Waals surface area contributed by atoms with Crippen molar-refractivity contribution in [1.82, 2.24) is 20.3 Å². The molecule has 2 heterocycles. The quantitative estimate of drug-likeness (QED) is 0.635. The highest BCUT2D eigenvalue weighted by molar-refractivity contribution is 5.78. The first kappa shape index (κ1) is 21.3. The van der Waals surface area contributed by atoms with Gasteiger partial charge >= 0.3 is 0 Å². The Balaban J connectivity index is 1.22. The molecule has 1 saturated heterocycles. The Morgan fingerprint density at radius 3 is 2.29 bits per heavy atom. The molecule has 4 rings (SSSR count). The van der Waals surface area contributed by atoms with E-state index >= 15 is 0 Å². The van der Waals surface area contributed by atoms with E-state index in [1.165, 1.54) is 11.1 Å². The molecule has 0 spiro atoms. The van der Waals surface area contributed by atoms with Gasteiger partial charge in [0.2, 0.25) is 5.91 Å². The van der Waals surface area contributed by atoms with Crippen LogP contribution in [-0.2, 0) is 11.3 Å². The summed E-state index contributed by atoms with van der Waals surface area (Å²) in [6, 6.07) is 20.7. The van der Waals surface area contributed by atoms with Gasteiger partial charge in [-0.05, 0) is 30.5 Å². The third-order valence-corrected chi connectivity index (χ3v) is 5.79. The summed E-state index contributed by atoms with van der Waals surface area (Å²) in [5, 5.41) is 7.21. The second-order valence-corrected chi connectivity index (χ2v) is 8.26. The van der Waals surface area contributed by atoms with Gasteiger partial charge in [0.05, 0.1) is 18.3 Å². The molecular formula is C25H30N4O2. The number of rotatable bonds is 7. The average Bonchev–Trinajstić information content (AvgIpc) is 3.20. The molecule has 1 N–H and O–H groups in total. The third-order valence-electron chi connectivity index (χ3n) is 5.79. The maximum atomic E-state index is 12.6. The van der Waals surface area contributed by atoms with E-state index in [1.54, 1.807) is 0 Å². The number of hydrogen-bond acceptors (Lipinski definition) is 5. The number of aromatic nitrogens is 1. The highest BCUT2D eigenvalue weighted by Crippen LogP contribution is 2.21. The maximum Gasteiger partial charge on any atom is 0.234 e. The van der Waals surface area contributed by atoms with E-state index < -0.39 is 0 Å². The van der Waals surface area contributed by atoms with Crippen LogP contribution in [0.3, 0.4) is 0 Å². The number of benzene rings is 2. The first-order valence-corrected chi connectivity index (χ1v) is 10.9.